The second-order valence-electron chi connectivity index (χ2n) is 8.33. The number of hydrogen-bond donors (Lipinski definition) is 2. The maximum Gasteiger partial charge on any atom is 0.303 e. The minimum atomic E-state index is -0.850. The molecule has 0 unspecified atom stereocenters. The highest BCUT2D eigenvalue weighted by molar-refractivity contribution is 7.98. The number of aliphatic carboxylic acids is 2. The molecule has 2 aromatic carbocycles. The largest absolute Gasteiger partial charge is 0.494 e. The summed E-state index contributed by atoms with van der Waals surface area (Å²) in [5, 5.41) is 17.9. The van der Waals surface area contributed by atoms with Crippen molar-refractivity contribution in [1.29, 1.82) is 0 Å². The van der Waals surface area contributed by atoms with Crippen molar-refractivity contribution in [1.82, 2.24) is 0 Å². The molecule has 0 atom stereocenters. The van der Waals surface area contributed by atoms with E-state index >= 15 is 0 Å². The van der Waals surface area contributed by atoms with Crippen molar-refractivity contribution in [3.8, 4) is 11.5 Å². The summed E-state index contributed by atoms with van der Waals surface area (Å²) in [6.07, 6.45) is 7.96. The average Bonchev–Trinajstić information content (AvgIpc) is 2.86. The quantitative estimate of drug-likeness (QED) is 0.192. The molecule has 0 heterocycles. The highest BCUT2D eigenvalue weighted by Gasteiger charge is 2.12. The molecular formula is C29H46O8S. The van der Waals surface area contributed by atoms with E-state index in [0.29, 0.717) is 31.8 Å². The molecular weight excluding hydrogens is 508 g/mol. The standard InChI is InChI=1S/C27H36O6S.C2H6.2H2O/c1-20-17-22(19-23(18-20)34-2)32-15-6-4-3-5-9-21-10-7-11-25(24(21)13-14-27(30)31)33-16-8-12-26(28)29;1-2;;/h7,10-11,17-19H,3-6,8-9,12-16H2,1-2H3,(H,28,29)(H,30,31);1-2H3;2*1H2. The van der Waals surface area contributed by atoms with Crippen LogP contribution in [0.1, 0.15) is 75.5 Å². The molecule has 0 aromatic heterocycles. The van der Waals surface area contributed by atoms with Gasteiger partial charge in [0.15, 0.2) is 0 Å². The fourth-order valence-corrected chi connectivity index (χ4v) is 4.32. The van der Waals surface area contributed by atoms with Crippen LogP contribution >= 0.6 is 11.8 Å². The smallest absolute Gasteiger partial charge is 0.303 e. The van der Waals surface area contributed by atoms with Crippen molar-refractivity contribution in [3.05, 3.63) is 53.1 Å². The van der Waals surface area contributed by atoms with Gasteiger partial charge in [0.2, 0.25) is 0 Å². The molecule has 0 bridgehead atoms. The first-order valence-corrected chi connectivity index (χ1v) is 14.1. The maximum atomic E-state index is 11.1. The molecule has 38 heavy (non-hydrogen) atoms. The molecule has 9 heteroatoms. The van der Waals surface area contributed by atoms with Gasteiger partial charge in [-0.15, -0.1) is 11.8 Å². The molecule has 216 valence electrons. The number of aryl methyl sites for hydroxylation is 2. The van der Waals surface area contributed by atoms with Gasteiger partial charge in [0, 0.05) is 17.7 Å². The topological polar surface area (TPSA) is 156 Å². The Balaban J connectivity index is 0. The number of carboxylic acids is 2. The SMILES string of the molecule is CC.CSc1cc(C)cc(OCCCCCCc2cccc(OCCCC(=O)O)c2CCC(=O)O)c1.O.O. The number of hydrogen-bond acceptors (Lipinski definition) is 5. The number of thioether (sulfide) groups is 1. The fraction of sp³-hybridized carbons (Fsp3) is 0.517. The van der Waals surface area contributed by atoms with Crippen molar-refractivity contribution in [2.75, 3.05) is 19.5 Å². The zero-order valence-corrected chi connectivity index (χ0v) is 24.0. The van der Waals surface area contributed by atoms with Crippen molar-refractivity contribution in [2.45, 2.75) is 83.5 Å². The Morgan fingerprint density at radius 1 is 0.816 bits per heavy atom. The van der Waals surface area contributed by atoms with Crippen LogP contribution in [0.4, 0.5) is 0 Å². The molecule has 0 fully saturated rings. The summed E-state index contributed by atoms with van der Waals surface area (Å²) in [5.41, 5.74) is 3.24. The first kappa shape index (κ1) is 37.4. The number of unbranched alkanes of at least 4 members (excludes halogenated alkanes) is 3. The Kier molecular flexibility index (Phi) is 21.9. The first-order valence-electron chi connectivity index (χ1n) is 12.8. The lowest BCUT2D eigenvalue weighted by Gasteiger charge is -2.15. The lowest BCUT2D eigenvalue weighted by molar-refractivity contribution is -0.138. The van der Waals surface area contributed by atoms with Gasteiger partial charge in [0.25, 0.3) is 0 Å². The van der Waals surface area contributed by atoms with E-state index in [-0.39, 0.29) is 23.8 Å². The molecule has 0 saturated carbocycles. The van der Waals surface area contributed by atoms with E-state index in [2.05, 4.69) is 31.4 Å². The molecule has 2 aromatic rings. The highest BCUT2D eigenvalue weighted by Crippen LogP contribution is 2.27. The van der Waals surface area contributed by atoms with Gasteiger partial charge in [0.05, 0.1) is 13.2 Å². The number of rotatable bonds is 17. The Hall–Kier alpha value is -2.75. The molecule has 0 spiro atoms. The summed E-state index contributed by atoms with van der Waals surface area (Å²) in [6, 6.07) is 12.1. The van der Waals surface area contributed by atoms with Gasteiger partial charge in [-0.1, -0.05) is 38.8 Å². The first-order chi connectivity index (χ1) is 17.4. The normalized spacial score (nSPS) is 9.79. The molecule has 0 aliphatic rings. The Morgan fingerprint density at radius 3 is 2.13 bits per heavy atom. The van der Waals surface area contributed by atoms with Crippen LogP contribution < -0.4 is 9.47 Å². The van der Waals surface area contributed by atoms with Gasteiger partial charge in [0.1, 0.15) is 11.5 Å². The van der Waals surface area contributed by atoms with Crippen LogP contribution in [0.15, 0.2) is 41.3 Å². The minimum absolute atomic E-state index is 0. The van der Waals surface area contributed by atoms with Gasteiger partial charge in [-0.05, 0) is 86.2 Å². The van der Waals surface area contributed by atoms with Crippen molar-refractivity contribution >= 4 is 23.7 Å². The third kappa shape index (κ3) is 15.5. The van der Waals surface area contributed by atoms with E-state index in [1.807, 2.05) is 32.0 Å². The van der Waals surface area contributed by atoms with Crippen LogP contribution in [-0.4, -0.2) is 52.6 Å². The monoisotopic (exact) mass is 554 g/mol. The fourth-order valence-electron chi connectivity index (χ4n) is 3.78. The molecule has 2 rings (SSSR count). The molecule has 0 radical (unpaired) electrons. The third-order valence-corrected chi connectivity index (χ3v) is 6.19. The van der Waals surface area contributed by atoms with E-state index in [1.165, 1.54) is 10.5 Å². The number of carboxylic acid groups (broad SMARTS) is 2. The average molecular weight is 555 g/mol. The highest BCUT2D eigenvalue weighted by atomic mass is 32.2. The summed E-state index contributed by atoms with van der Waals surface area (Å²) in [4.78, 5) is 23.0. The van der Waals surface area contributed by atoms with E-state index in [9.17, 15) is 9.59 Å². The van der Waals surface area contributed by atoms with E-state index in [4.69, 9.17) is 19.7 Å². The molecule has 0 aliphatic heterocycles. The van der Waals surface area contributed by atoms with Gasteiger partial charge in [-0.3, -0.25) is 9.59 Å². The molecule has 0 saturated heterocycles. The lowest BCUT2D eigenvalue weighted by atomic mass is 9.97. The third-order valence-electron chi connectivity index (χ3n) is 5.48. The van der Waals surface area contributed by atoms with Crippen LogP contribution in [0.5, 0.6) is 11.5 Å². The Labute approximate surface area is 231 Å². The van der Waals surface area contributed by atoms with E-state index in [0.717, 1.165) is 49.0 Å². The second-order valence-corrected chi connectivity index (χ2v) is 9.21. The second kappa shape index (κ2) is 22.3. The zero-order chi connectivity index (χ0) is 26.8. The lowest BCUT2D eigenvalue weighted by Crippen LogP contribution is -2.07. The molecule has 6 N–H and O–H groups in total. The van der Waals surface area contributed by atoms with E-state index in [1.54, 1.807) is 11.8 Å². The van der Waals surface area contributed by atoms with Gasteiger partial charge >= 0.3 is 11.9 Å². The summed E-state index contributed by atoms with van der Waals surface area (Å²) >= 11 is 1.71. The molecule has 8 nitrogen and oxygen atoms in total. The Bertz CT molecular complexity index is 933. The summed E-state index contributed by atoms with van der Waals surface area (Å²) in [7, 11) is 0. The maximum absolute atomic E-state index is 11.1. The van der Waals surface area contributed by atoms with Crippen molar-refractivity contribution in [2.24, 2.45) is 0 Å². The van der Waals surface area contributed by atoms with Crippen LogP contribution in [-0.2, 0) is 22.4 Å². The van der Waals surface area contributed by atoms with Crippen LogP contribution in [0.2, 0.25) is 0 Å². The molecule has 0 amide bonds. The van der Waals surface area contributed by atoms with Crippen molar-refractivity contribution < 1.29 is 40.2 Å². The predicted octanol–water partition coefficient (Wildman–Crippen LogP) is 5.54. The predicted molar refractivity (Wildman–Crippen MR) is 154 cm³/mol. The summed E-state index contributed by atoms with van der Waals surface area (Å²) < 4.78 is 11.7. The summed E-state index contributed by atoms with van der Waals surface area (Å²) in [5.74, 6) is -0.102. The van der Waals surface area contributed by atoms with Gasteiger partial charge in [-0.25, -0.2) is 0 Å². The van der Waals surface area contributed by atoms with Crippen molar-refractivity contribution in [3.63, 3.8) is 0 Å². The number of ether oxygens (including phenoxy) is 2. The van der Waals surface area contributed by atoms with Crippen LogP contribution in [0.3, 0.4) is 0 Å². The Morgan fingerprint density at radius 2 is 1.47 bits per heavy atom. The van der Waals surface area contributed by atoms with Gasteiger partial charge < -0.3 is 30.6 Å². The zero-order valence-electron chi connectivity index (χ0n) is 23.2. The van der Waals surface area contributed by atoms with Gasteiger partial charge in [-0.2, -0.15) is 0 Å². The minimum Gasteiger partial charge on any atom is -0.494 e. The number of carbonyl (C=O) groups is 2. The number of benzene rings is 2. The van der Waals surface area contributed by atoms with Crippen LogP contribution in [0, 0.1) is 6.92 Å². The summed E-state index contributed by atoms with van der Waals surface area (Å²) in [6.45, 7) is 7.07. The molecule has 0 aliphatic carbocycles. The van der Waals surface area contributed by atoms with E-state index < -0.39 is 11.9 Å². The van der Waals surface area contributed by atoms with Crippen LogP contribution in [0.25, 0.3) is 0 Å².